The molecule has 2 aliphatic heterocycles. The van der Waals surface area contributed by atoms with Crippen LogP contribution in [0, 0.1) is 0 Å². The summed E-state index contributed by atoms with van der Waals surface area (Å²) in [5.74, 6) is 1.34. The van der Waals surface area contributed by atoms with Crippen LogP contribution in [0.2, 0.25) is 0 Å². The second kappa shape index (κ2) is 13.8. The topological polar surface area (TPSA) is 61.4 Å². The SMILES string of the molecule is COCCCN1CCOc2ccc(COC3CNCCC3c3ccc(COCCOC)cc3)cc21. The van der Waals surface area contributed by atoms with Gasteiger partial charge in [-0.15, -0.1) is 0 Å². The Morgan fingerprint density at radius 1 is 0.971 bits per heavy atom. The minimum atomic E-state index is 0.137. The normalized spacial score (nSPS) is 19.9. The molecule has 0 amide bonds. The molecule has 7 heteroatoms. The Bertz CT molecular complexity index is 891. The maximum atomic E-state index is 6.50. The average molecular weight is 485 g/mol. The Kier molecular flexibility index (Phi) is 10.2. The van der Waals surface area contributed by atoms with Gasteiger partial charge in [0.15, 0.2) is 0 Å². The van der Waals surface area contributed by atoms with E-state index in [-0.39, 0.29) is 6.10 Å². The Hall–Kier alpha value is -2.16. The molecule has 1 saturated heterocycles. The lowest BCUT2D eigenvalue weighted by molar-refractivity contribution is 0.0106. The van der Waals surface area contributed by atoms with Gasteiger partial charge in [0.25, 0.3) is 0 Å². The quantitative estimate of drug-likeness (QED) is 0.435. The summed E-state index contributed by atoms with van der Waals surface area (Å²) in [6.45, 7) is 7.68. The van der Waals surface area contributed by atoms with Crippen molar-refractivity contribution in [3.63, 3.8) is 0 Å². The molecule has 0 bridgehead atoms. The smallest absolute Gasteiger partial charge is 0.142 e. The Labute approximate surface area is 209 Å². The molecule has 35 heavy (non-hydrogen) atoms. The van der Waals surface area contributed by atoms with Crippen LogP contribution in [-0.2, 0) is 32.2 Å². The number of anilines is 1. The summed E-state index contributed by atoms with van der Waals surface area (Å²) in [6.07, 6.45) is 2.21. The summed E-state index contributed by atoms with van der Waals surface area (Å²) in [4.78, 5) is 2.40. The molecule has 2 aromatic rings. The fourth-order valence-electron chi connectivity index (χ4n) is 4.82. The van der Waals surface area contributed by atoms with E-state index < -0.39 is 0 Å². The van der Waals surface area contributed by atoms with E-state index in [4.69, 9.17) is 23.7 Å². The van der Waals surface area contributed by atoms with Crippen molar-refractivity contribution >= 4 is 5.69 Å². The van der Waals surface area contributed by atoms with Gasteiger partial charge in [-0.3, -0.25) is 0 Å². The van der Waals surface area contributed by atoms with Gasteiger partial charge in [-0.05, 0) is 48.2 Å². The van der Waals surface area contributed by atoms with Gasteiger partial charge in [0.1, 0.15) is 12.4 Å². The second-order valence-electron chi connectivity index (χ2n) is 9.22. The van der Waals surface area contributed by atoms with Crippen molar-refractivity contribution in [2.24, 2.45) is 0 Å². The monoisotopic (exact) mass is 484 g/mol. The number of rotatable bonds is 13. The third-order valence-electron chi connectivity index (χ3n) is 6.76. The molecule has 0 saturated carbocycles. The van der Waals surface area contributed by atoms with Crippen LogP contribution in [-0.4, -0.2) is 72.9 Å². The summed E-state index contributed by atoms with van der Waals surface area (Å²) in [7, 11) is 3.44. The third kappa shape index (κ3) is 7.41. The number of nitrogens with one attached hydrogen (secondary N) is 1. The minimum Gasteiger partial charge on any atom is -0.490 e. The van der Waals surface area contributed by atoms with Crippen LogP contribution < -0.4 is 15.0 Å². The van der Waals surface area contributed by atoms with Crippen molar-refractivity contribution < 1.29 is 23.7 Å². The number of fused-ring (bicyclic) bond motifs is 1. The zero-order chi connectivity index (χ0) is 24.3. The number of hydrogen-bond acceptors (Lipinski definition) is 7. The van der Waals surface area contributed by atoms with E-state index >= 15 is 0 Å². The van der Waals surface area contributed by atoms with Crippen LogP contribution in [0.5, 0.6) is 5.75 Å². The molecule has 1 N–H and O–H groups in total. The number of methoxy groups -OCH3 is 2. The highest BCUT2D eigenvalue weighted by molar-refractivity contribution is 5.61. The van der Waals surface area contributed by atoms with E-state index in [1.165, 1.54) is 16.7 Å². The predicted molar refractivity (Wildman–Crippen MR) is 137 cm³/mol. The molecule has 1 fully saturated rings. The van der Waals surface area contributed by atoms with Gasteiger partial charge in [0.2, 0.25) is 0 Å². The first-order valence-electron chi connectivity index (χ1n) is 12.8. The van der Waals surface area contributed by atoms with E-state index in [0.717, 1.165) is 63.7 Å². The molecule has 2 aliphatic rings. The van der Waals surface area contributed by atoms with Crippen LogP contribution in [0.4, 0.5) is 5.69 Å². The third-order valence-corrected chi connectivity index (χ3v) is 6.76. The standard InChI is InChI=1S/C28H40N2O5/c1-31-14-3-12-30-13-15-34-27-9-6-23(18-26(27)30)21-35-28-19-29-11-10-25(28)24-7-4-22(5-8-24)20-33-17-16-32-2/h4-9,18,25,28-29H,3,10-17,19-21H2,1-2H3. The molecular formula is C28H40N2O5. The first-order chi connectivity index (χ1) is 17.3. The summed E-state index contributed by atoms with van der Waals surface area (Å²) in [5.41, 5.74) is 4.86. The van der Waals surface area contributed by atoms with Gasteiger partial charge in [-0.25, -0.2) is 0 Å². The lowest BCUT2D eigenvalue weighted by atomic mass is 9.87. The summed E-state index contributed by atoms with van der Waals surface area (Å²) < 4.78 is 28.3. The molecule has 2 heterocycles. The number of benzene rings is 2. The summed E-state index contributed by atoms with van der Waals surface area (Å²) in [6, 6.07) is 15.2. The fourth-order valence-corrected chi connectivity index (χ4v) is 4.82. The maximum Gasteiger partial charge on any atom is 0.142 e. The van der Waals surface area contributed by atoms with Gasteiger partial charge in [0, 0.05) is 39.8 Å². The van der Waals surface area contributed by atoms with Crippen molar-refractivity contribution in [2.45, 2.75) is 38.1 Å². The van der Waals surface area contributed by atoms with Crippen molar-refractivity contribution in [1.29, 1.82) is 0 Å². The molecule has 0 spiro atoms. The van der Waals surface area contributed by atoms with Gasteiger partial charge < -0.3 is 33.9 Å². The molecule has 2 aromatic carbocycles. The minimum absolute atomic E-state index is 0.137. The highest BCUT2D eigenvalue weighted by Crippen LogP contribution is 2.34. The van der Waals surface area contributed by atoms with E-state index in [0.29, 0.717) is 32.3 Å². The Morgan fingerprint density at radius 2 is 1.80 bits per heavy atom. The van der Waals surface area contributed by atoms with Crippen LogP contribution in [0.15, 0.2) is 42.5 Å². The van der Waals surface area contributed by atoms with Crippen LogP contribution in [0.25, 0.3) is 0 Å². The lowest BCUT2D eigenvalue weighted by Gasteiger charge is -2.33. The van der Waals surface area contributed by atoms with Crippen molar-refractivity contribution in [1.82, 2.24) is 5.32 Å². The van der Waals surface area contributed by atoms with Gasteiger partial charge >= 0.3 is 0 Å². The number of ether oxygens (including phenoxy) is 5. The largest absolute Gasteiger partial charge is 0.490 e. The van der Waals surface area contributed by atoms with Crippen LogP contribution >= 0.6 is 0 Å². The highest BCUT2D eigenvalue weighted by Gasteiger charge is 2.27. The van der Waals surface area contributed by atoms with Crippen LogP contribution in [0.3, 0.4) is 0 Å². The Morgan fingerprint density at radius 3 is 2.63 bits per heavy atom. The maximum absolute atomic E-state index is 6.50. The zero-order valence-electron chi connectivity index (χ0n) is 21.2. The van der Waals surface area contributed by atoms with Gasteiger partial charge in [-0.2, -0.15) is 0 Å². The highest BCUT2D eigenvalue weighted by atomic mass is 16.5. The molecule has 4 rings (SSSR count). The first kappa shape index (κ1) is 25.9. The van der Waals surface area contributed by atoms with E-state index in [1.54, 1.807) is 14.2 Å². The average Bonchev–Trinajstić information content (AvgIpc) is 2.91. The molecule has 2 atom stereocenters. The molecule has 0 aliphatic carbocycles. The first-order valence-corrected chi connectivity index (χ1v) is 12.8. The molecule has 7 nitrogen and oxygen atoms in total. The molecule has 0 radical (unpaired) electrons. The predicted octanol–water partition coefficient (Wildman–Crippen LogP) is 3.75. The van der Waals surface area contributed by atoms with Gasteiger partial charge in [0.05, 0.1) is 44.8 Å². The van der Waals surface area contributed by atoms with Crippen molar-refractivity contribution in [2.75, 3.05) is 71.7 Å². The lowest BCUT2D eigenvalue weighted by Crippen LogP contribution is -2.41. The molecule has 2 unspecified atom stereocenters. The fraction of sp³-hybridized carbons (Fsp3) is 0.571. The van der Waals surface area contributed by atoms with Gasteiger partial charge in [-0.1, -0.05) is 30.3 Å². The number of piperidine rings is 1. The van der Waals surface area contributed by atoms with E-state index in [1.807, 2.05) is 0 Å². The van der Waals surface area contributed by atoms with E-state index in [9.17, 15) is 0 Å². The van der Waals surface area contributed by atoms with Crippen LogP contribution in [0.1, 0.15) is 35.4 Å². The van der Waals surface area contributed by atoms with Crippen molar-refractivity contribution in [3.05, 3.63) is 59.2 Å². The molecule has 192 valence electrons. The Balaban J connectivity index is 1.35. The second-order valence-corrected chi connectivity index (χ2v) is 9.22. The number of nitrogens with zero attached hydrogens (tertiary/aromatic N) is 1. The van der Waals surface area contributed by atoms with E-state index in [2.05, 4.69) is 52.7 Å². The molecular weight excluding hydrogens is 444 g/mol. The van der Waals surface area contributed by atoms with Crippen molar-refractivity contribution in [3.8, 4) is 5.75 Å². The zero-order valence-corrected chi connectivity index (χ0v) is 21.2. The number of hydrogen-bond donors (Lipinski definition) is 1. The summed E-state index contributed by atoms with van der Waals surface area (Å²) in [5, 5.41) is 3.51. The summed E-state index contributed by atoms with van der Waals surface area (Å²) >= 11 is 0. The molecule has 0 aromatic heterocycles.